The average molecular weight is 466 g/mol. The number of aromatic nitrogens is 1. The Bertz CT molecular complexity index is 1080. The van der Waals surface area contributed by atoms with Crippen LogP contribution in [0.1, 0.15) is 21.6 Å². The third kappa shape index (κ3) is 7.19. The topological polar surface area (TPSA) is 147 Å². The van der Waals surface area contributed by atoms with Crippen molar-refractivity contribution in [2.24, 2.45) is 5.73 Å². The van der Waals surface area contributed by atoms with Crippen LogP contribution in [0.4, 0.5) is 4.79 Å². The molecule has 0 aliphatic heterocycles. The smallest absolute Gasteiger partial charge is 0.333 e. The van der Waals surface area contributed by atoms with E-state index in [-0.39, 0.29) is 24.7 Å². The van der Waals surface area contributed by atoms with Gasteiger partial charge in [-0.05, 0) is 11.1 Å². The molecule has 1 heterocycles. The van der Waals surface area contributed by atoms with Crippen molar-refractivity contribution in [2.45, 2.75) is 19.3 Å². The molecule has 3 rings (SSSR count). The monoisotopic (exact) mass is 466 g/mol. The molecule has 178 valence electrons. The van der Waals surface area contributed by atoms with Gasteiger partial charge >= 0.3 is 6.03 Å². The molecule has 0 aliphatic carbocycles. The SMILES string of the molecule is NC(=O)N(C[C@H](O)CO)NC(=O)c1cc(OCc2ccccc2)c(OCc2ccccc2)cn1. The first-order valence-electron chi connectivity index (χ1n) is 10.5. The first kappa shape index (κ1) is 24.5. The number of carbonyl (C=O) groups excluding carboxylic acids is 2. The lowest BCUT2D eigenvalue weighted by molar-refractivity contribution is 0.0501. The standard InChI is InChI=1S/C24H26N4O6/c25-24(32)28(13-19(30)14-29)27-23(31)20-11-21(33-15-17-7-3-1-4-8-17)22(12-26-20)34-16-18-9-5-2-6-10-18/h1-12,19,29-30H,13-16H2,(H2,25,32)(H,27,31)/t19-/m0/s1. The average Bonchev–Trinajstić information content (AvgIpc) is 2.87. The number of amides is 3. The van der Waals surface area contributed by atoms with E-state index < -0.39 is 31.2 Å². The van der Waals surface area contributed by atoms with Gasteiger partial charge in [0.1, 0.15) is 18.9 Å². The molecule has 0 unspecified atom stereocenters. The predicted molar refractivity (Wildman–Crippen MR) is 123 cm³/mol. The summed E-state index contributed by atoms with van der Waals surface area (Å²) in [4.78, 5) is 28.4. The molecular weight excluding hydrogens is 440 g/mol. The Morgan fingerprint density at radius 3 is 2.06 bits per heavy atom. The number of pyridine rings is 1. The molecule has 10 nitrogen and oxygen atoms in total. The highest BCUT2D eigenvalue weighted by Gasteiger charge is 2.20. The first-order valence-corrected chi connectivity index (χ1v) is 10.5. The highest BCUT2D eigenvalue weighted by molar-refractivity contribution is 5.93. The fraction of sp³-hybridized carbons (Fsp3) is 0.208. The number of benzene rings is 2. The Hall–Kier alpha value is -4.15. The van der Waals surface area contributed by atoms with Crippen LogP contribution in [0, 0.1) is 0 Å². The van der Waals surface area contributed by atoms with Gasteiger partial charge in [-0.2, -0.15) is 0 Å². The highest BCUT2D eigenvalue weighted by atomic mass is 16.5. The van der Waals surface area contributed by atoms with Crippen LogP contribution in [-0.2, 0) is 13.2 Å². The fourth-order valence-corrected chi connectivity index (χ4v) is 2.88. The van der Waals surface area contributed by atoms with Crippen molar-refractivity contribution in [2.75, 3.05) is 13.2 Å². The number of aliphatic hydroxyl groups excluding tert-OH is 2. The van der Waals surface area contributed by atoms with Crippen molar-refractivity contribution < 1.29 is 29.3 Å². The number of nitrogens with zero attached hydrogens (tertiary/aromatic N) is 2. The van der Waals surface area contributed by atoms with E-state index >= 15 is 0 Å². The van der Waals surface area contributed by atoms with Crippen LogP contribution in [0.3, 0.4) is 0 Å². The van der Waals surface area contributed by atoms with Crippen molar-refractivity contribution in [1.82, 2.24) is 15.4 Å². The van der Waals surface area contributed by atoms with Crippen molar-refractivity contribution >= 4 is 11.9 Å². The summed E-state index contributed by atoms with van der Waals surface area (Å²) in [6.07, 6.45) is 0.0781. The summed E-state index contributed by atoms with van der Waals surface area (Å²) < 4.78 is 11.8. The molecule has 0 aliphatic rings. The van der Waals surface area contributed by atoms with Gasteiger partial charge in [-0.1, -0.05) is 60.7 Å². The number of carbonyl (C=O) groups is 2. The molecule has 0 radical (unpaired) electrons. The third-order valence-corrected chi connectivity index (χ3v) is 4.65. The van der Waals surface area contributed by atoms with Gasteiger partial charge in [0.15, 0.2) is 11.5 Å². The number of ether oxygens (including phenoxy) is 2. The zero-order valence-electron chi connectivity index (χ0n) is 18.3. The number of nitrogens with one attached hydrogen (secondary N) is 1. The third-order valence-electron chi connectivity index (χ3n) is 4.65. The van der Waals surface area contributed by atoms with E-state index in [2.05, 4.69) is 10.4 Å². The molecule has 2 aromatic carbocycles. The van der Waals surface area contributed by atoms with E-state index in [9.17, 15) is 14.7 Å². The molecule has 0 saturated heterocycles. The normalized spacial score (nSPS) is 11.4. The summed E-state index contributed by atoms with van der Waals surface area (Å²) in [6.45, 7) is -0.510. The van der Waals surface area contributed by atoms with Crippen LogP contribution in [0.2, 0.25) is 0 Å². The highest BCUT2D eigenvalue weighted by Crippen LogP contribution is 2.29. The lowest BCUT2D eigenvalue weighted by Crippen LogP contribution is -2.52. The number of rotatable bonds is 10. The Morgan fingerprint density at radius 1 is 0.971 bits per heavy atom. The second-order valence-electron chi connectivity index (χ2n) is 7.29. The lowest BCUT2D eigenvalue weighted by atomic mass is 10.2. The summed E-state index contributed by atoms with van der Waals surface area (Å²) in [5, 5.41) is 19.2. The number of hydrogen-bond acceptors (Lipinski definition) is 7. The van der Waals surface area contributed by atoms with Gasteiger partial charge in [0.25, 0.3) is 5.91 Å². The van der Waals surface area contributed by atoms with E-state index in [1.54, 1.807) is 0 Å². The molecule has 0 fully saturated rings. The number of hydrazine groups is 1. The van der Waals surface area contributed by atoms with E-state index in [1.807, 2.05) is 60.7 Å². The molecule has 0 bridgehead atoms. The Balaban J connectivity index is 1.78. The summed E-state index contributed by atoms with van der Waals surface area (Å²) in [5.74, 6) is -0.150. The molecule has 5 N–H and O–H groups in total. The quantitative estimate of drug-likeness (QED) is 0.332. The van der Waals surface area contributed by atoms with Gasteiger partial charge < -0.3 is 25.4 Å². The van der Waals surface area contributed by atoms with Crippen LogP contribution in [0.15, 0.2) is 72.9 Å². The molecule has 3 aromatic rings. The van der Waals surface area contributed by atoms with Crippen LogP contribution in [0.25, 0.3) is 0 Å². The number of primary amides is 1. The number of nitrogens with two attached hydrogens (primary N) is 1. The minimum atomic E-state index is -1.28. The molecule has 0 spiro atoms. The summed E-state index contributed by atoms with van der Waals surface area (Å²) in [5.41, 5.74) is 9.29. The van der Waals surface area contributed by atoms with Crippen molar-refractivity contribution in [1.29, 1.82) is 0 Å². The molecule has 1 aromatic heterocycles. The maximum atomic E-state index is 12.7. The van der Waals surface area contributed by atoms with E-state index in [0.717, 1.165) is 11.1 Å². The Kier molecular flexibility index (Phi) is 8.78. The maximum absolute atomic E-state index is 12.7. The molecule has 3 amide bonds. The predicted octanol–water partition coefficient (Wildman–Crippen LogP) is 1.62. The summed E-state index contributed by atoms with van der Waals surface area (Å²) >= 11 is 0. The van der Waals surface area contributed by atoms with Crippen molar-refractivity contribution in [3.63, 3.8) is 0 Å². The van der Waals surface area contributed by atoms with Gasteiger partial charge in [0.2, 0.25) is 0 Å². The van der Waals surface area contributed by atoms with Crippen LogP contribution >= 0.6 is 0 Å². The van der Waals surface area contributed by atoms with Crippen molar-refractivity contribution in [3.8, 4) is 11.5 Å². The Labute approximate surface area is 196 Å². The van der Waals surface area contributed by atoms with E-state index in [4.69, 9.17) is 20.3 Å². The second-order valence-corrected chi connectivity index (χ2v) is 7.29. The number of hydrogen-bond donors (Lipinski definition) is 4. The zero-order valence-corrected chi connectivity index (χ0v) is 18.3. The molecule has 34 heavy (non-hydrogen) atoms. The van der Waals surface area contributed by atoms with Gasteiger partial charge in [-0.3, -0.25) is 10.2 Å². The molecular formula is C24H26N4O6. The zero-order chi connectivity index (χ0) is 24.3. The van der Waals surface area contributed by atoms with Gasteiger partial charge in [0, 0.05) is 6.07 Å². The number of urea groups is 1. The van der Waals surface area contributed by atoms with Gasteiger partial charge in [-0.15, -0.1) is 0 Å². The fourth-order valence-electron chi connectivity index (χ4n) is 2.88. The second kappa shape index (κ2) is 12.2. The van der Waals surface area contributed by atoms with E-state index in [0.29, 0.717) is 10.8 Å². The largest absolute Gasteiger partial charge is 0.485 e. The van der Waals surface area contributed by atoms with Gasteiger partial charge in [-0.25, -0.2) is 14.8 Å². The minimum absolute atomic E-state index is 0.0696. The van der Waals surface area contributed by atoms with Crippen LogP contribution < -0.4 is 20.6 Å². The van der Waals surface area contributed by atoms with Crippen LogP contribution in [-0.4, -0.2) is 51.4 Å². The first-order chi connectivity index (χ1) is 16.5. The molecule has 10 heteroatoms. The molecule has 1 atom stereocenters. The van der Waals surface area contributed by atoms with Crippen LogP contribution in [0.5, 0.6) is 11.5 Å². The van der Waals surface area contributed by atoms with E-state index in [1.165, 1.54) is 12.3 Å². The minimum Gasteiger partial charge on any atom is -0.485 e. The van der Waals surface area contributed by atoms with Gasteiger partial charge in [0.05, 0.1) is 25.5 Å². The summed E-state index contributed by atoms with van der Waals surface area (Å²) in [7, 11) is 0. The maximum Gasteiger partial charge on any atom is 0.333 e. The summed E-state index contributed by atoms with van der Waals surface area (Å²) in [6, 6.07) is 19.4. The number of aliphatic hydroxyl groups is 2. The Morgan fingerprint density at radius 2 is 1.53 bits per heavy atom. The molecule has 0 saturated carbocycles. The lowest BCUT2D eigenvalue weighted by Gasteiger charge is -2.23. The van der Waals surface area contributed by atoms with Crippen molar-refractivity contribution in [3.05, 3.63) is 89.7 Å².